The van der Waals surface area contributed by atoms with Crippen LogP contribution >= 0.6 is 0 Å². The molecule has 1 fully saturated rings. The molecule has 0 aromatic heterocycles. The van der Waals surface area contributed by atoms with Gasteiger partial charge in [0.05, 0.1) is 4.92 Å². The summed E-state index contributed by atoms with van der Waals surface area (Å²) in [5, 5.41) is 11.0. The van der Waals surface area contributed by atoms with Crippen molar-refractivity contribution >= 4 is 11.4 Å². The van der Waals surface area contributed by atoms with Gasteiger partial charge in [-0.25, -0.2) is 0 Å². The smallest absolute Gasteiger partial charge is 0.274 e. The fourth-order valence-corrected chi connectivity index (χ4v) is 2.71. The summed E-state index contributed by atoms with van der Waals surface area (Å²) in [5.41, 5.74) is 7.93. The molecule has 5 heteroatoms. The molecule has 0 aliphatic carbocycles. The Hall–Kier alpha value is -1.62. The van der Waals surface area contributed by atoms with Crippen molar-refractivity contribution in [2.75, 3.05) is 18.0 Å². The summed E-state index contributed by atoms with van der Waals surface area (Å²) in [7, 11) is 0. The minimum Gasteiger partial charge on any atom is -0.371 e. The lowest BCUT2D eigenvalue weighted by Crippen LogP contribution is -2.46. The van der Waals surface area contributed by atoms with Crippen LogP contribution in [0.2, 0.25) is 0 Å². The summed E-state index contributed by atoms with van der Waals surface area (Å²) < 4.78 is 0. The molecule has 1 heterocycles. The zero-order valence-electron chi connectivity index (χ0n) is 11.5. The highest BCUT2D eigenvalue weighted by atomic mass is 16.6. The van der Waals surface area contributed by atoms with Gasteiger partial charge in [0.15, 0.2) is 0 Å². The van der Waals surface area contributed by atoms with Crippen LogP contribution in [0, 0.1) is 23.0 Å². The Morgan fingerprint density at radius 1 is 1.53 bits per heavy atom. The summed E-state index contributed by atoms with van der Waals surface area (Å²) in [4.78, 5) is 12.9. The highest BCUT2D eigenvalue weighted by molar-refractivity contribution is 5.56. The van der Waals surface area contributed by atoms with E-state index >= 15 is 0 Å². The second-order valence-corrected chi connectivity index (χ2v) is 5.29. The average molecular weight is 263 g/mol. The van der Waals surface area contributed by atoms with Gasteiger partial charge in [0, 0.05) is 36.4 Å². The quantitative estimate of drug-likeness (QED) is 0.671. The first-order valence-electron chi connectivity index (χ1n) is 6.78. The molecule has 0 amide bonds. The fourth-order valence-electron chi connectivity index (χ4n) is 2.71. The summed E-state index contributed by atoms with van der Waals surface area (Å²) in [6.07, 6.45) is 1.99. The van der Waals surface area contributed by atoms with Crippen molar-refractivity contribution in [2.24, 2.45) is 11.7 Å². The number of rotatable bonds is 3. The molecule has 1 saturated heterocycles. The minimum atomic E-state index is -0.314. The van der Waals surface area contributed by atoms with Gasteiger partial charge in [-0.2, -0.15) is 0 Å². The van der Waals surface area contributed by atoms with Crippen molar-refractivity contribution in [3.05, 3.63) is 33.9 Å². The Balaban J connectivity index is 2.22. The Kier molecular flexibility index (Phi) is 4.04. The van der Waals surface area contributed by atoms with E-state index in [0.29, 0.717) is 11.5 Å². The van der Waals surface area contributed by atoms with Crippen molar-refractivity contribution in [1.82, 2.24) is 0 Å². The molecule has 1 aliphatic rings. The lowest BCUT2D eigenvalue weighted by molar-refractivity contribution is -0.385. The molecule has 1 aromatic rings. The summed E-state index contributed by atoms with van der Waals surface area (Å²) in [6, 6.07) is 5.72. The minimum absolute atomic E-state index is 0.195. The van der Waals surface area contributed by atoms with E-state index in [2.05, 4.69) is 11.8 Å². The number of piperidine rings is 1. The van der Waals surface area contributed by atoms with Gasteiger partial charge in [-0.05, 0) is 25.3 Å². The van der Waals surface area contributed by atoms with E-state index in [9.17, 15) is 10.1 Å². The summed E-state index contributed by atoms with van der Waals surface area (Å²) in [5.74, 6) is 0.467. The molecular weight excluding hydrogens is 242 g/mol. The lowest BCUT2D eigenvalue weighted by atomic mass is 9.90. The van der Waals surface area contributed by atoms with Gasteiger partial charge in [-0.3, -0.25) is 10.1 Å². The maximum atomic E-state index is 11.0. The maximum Gasteiger partial charge on any atom is 0.274 e. The van der Waals surface area contributed by atoms with E-state index in [0.717, 1.165) is 31.6 Å². The van der Waals surface area contributed by atoms with Crippen LogP contribution in [0.5, 0.6) is 0 Å². The molecule has 0 radical (unpaired) electrons. The first-order valence-corrected chi connectivity index (χ1v) is 6.78. The molecule has 2 N–H and O–H groups in total. The van der Waals surface area contributed by atoms with Crippen molar-refractivity contribution in [2.45, 2.75) is 32.7 Å². The fraction of sp³-hybridized carbons (Fsp3) is 0.571. The molecule has 2 atom stereocenters. The number of anilines is 1. The number of nitro groups is 1. The molecule has 104 valence electrons. The van der Waals surface area contributed by atoms with E-state index in [4.69, 9.17) is 5.73 Å². The van der Waals surface area contributed by atoms with Crippen molar-refractivity contribution in [1.29, 1.82) is 0 Å². The maximum absolute atomic E-state index is 11.0. The number of nitrogens with two attached hydrogens (primary N) is 1. The molecule has 2 unspecified atom stereocenters. The number of hydrogen-bond donors (Lipinski definition) is 1. The predicted octanol–water partition coefficient (Wildman–Crippen LogP) is 2.47. The van der Waals surface area contributed by atoms with Crippen molar-refractivity contribution in [3.63, 3.8) is 0 Å². The lowest BCUT2D eigenvalue weighted by Gasteiger charge is -2.37. The Morgan fingerprint density at radius 2 is 2.26 bits per heavy atom. The van der Waals surface area contributed by atoms with Gasteiger partial charge in [0.2, 0.25) is 0 Å². The Bertz CT molecular complexity index is 476. The third-order valence-corrected chi connectivity index (χ3v) is 4.07. The second kappa shape index (κ2) is 5.57. The highest BCUT2D eigenvalue weighted by Gasteiger charge is 2.26. The standard InChI is InChI=1S/C14H21N3O2/c1-3-11-9-16(7-6-13(11)15)12-5-4-10(2)14(8-12)17(18)19/h4-5,8,11,13H,3,6-7,9,15H2,1-2H3. The monoisotopic (exact) mass is 263 g/mol. The highest BCUT2D eigenvalue weighted by Crippen LogP contribution is 2.29. The van der Waals surface area contributed by atoms with Crippen LogP contribution in [-0.2, 0) is 0 Å². The van der Waals surface area contributed by atoms with Gasteiger partial charge in [-0.1, -0.05) is 19.4 Å². The van der Waals surface area contributed by atoms with Crippen LogP contribution in [-0.4, -0.2) is 24.1 Å². The van der Waals surface area contributed by atoms with E-state index in [1.165, 1.54) is 0 Å². The van der Waals surface area contributed by atoms with Crippen LogP contribution in [0.4, 0.5) is 11.4 Å². The zero-order valence-corrected chi connectivity index (χ0v) is 11.5. The van der Waals surface area contributed by atoms with Crippen LogP contribution < -0.4 is 10.6 Å². The first-order chi connectivity index (χ1) is 9.02. The van der Waals surface area contributed by atoms with E-state index in [-0.39, 0.29) is 16.7 Å². The van der Waals surface area contributed by atoms with Gasteiger partial charge in [0.25, 0.3) is 5.69 Å². The third kappa shape index (κ3) is 2.87. The van der Waals surface area contributed by atoms with Gasteiger partial charge < -0.3 is 10.6 Å². The molecule has 19 heavy (non-hydrogen) atoms. The van der Waals surface area contributed by atoms with Crippen molar-refractivity contribution < 1.29 is 4.92 Å². The van der Waals surface area contributed by atoms with Gasteiger partial charge in [-0.15, -0.1) is 0 Å². The number of nitrogens with zero attached hydrogens (tertiary/aromatic N) is 2. The molecule has 0 spiro atoms. The second-order valence-electron chi connectivity index (χ2n) is 5.29. The largest absolute Gasteiger partial charge is 0.371 e. The van der Waals surface area contributed by atoms with Gasteiger partial charge in [0.1, 0.15) is 0 Å². The van der Waals surface area contributed by atoms with E-state index in [1.807, 2.05) is 12.1 Å². The summed E-state index contributed by atoms with van der Waals surface area (Å²) >= 11 is 0. The topological polar surface area (TPSA) is 72.4 Å². The average Bonchev–Trinajstić information content (AvgIpc) is 2.39. The SMILES string of the molecule is CCC1CN(c2ccc(C)c([N+](=O)[O-])c2)CCC1N. The van der Waals surface area contributed by atoms with Crippen molar-refractivity contribution in [3.8, 4) is 0 Å². The third-order valence-electron chi connectivity index (χ3n) is 4.07. The molecule has 1 aromatic carbocycles. The summed E-state index contributed by atoms with van der Waals surface area (Å²) in [6.45, 7) is 5.67. The first kappa shape index (κ1) is 13.8. The molecule has 5 nitrogen and oxygen atoms in total. The normalized spacial score (nSPS) is 23.4. The molecule has 0 bridgehead atoms. The number of benzene rings is 1. The number of nitro benzene ring substituents is 1. The molecule has 1 aliphatic heterocycles. The Labute approximate surface area is 113 Å². The zero-order chi connectivity index (χ0) is 14.0. The van der Waals surface area contributed by atoms with Crippen LogP contribution in [0.3, 0.4) is 0 Å². The van der Waals surface area contributed by atoms with E-state index < -0.39 is 0 Å². The van der Waals surface area contributed by atoms with Gasteiger partial charge >= 0.3 is 0 Å². The molecule has 2 rings (SSSR count). The van der Waals surface area contributed by atoms with Crippen LogP contribution in [0.1, 0.15) is 25.3 Å². The molecular formula is C14H21N3O2. The van der Waals surface area contributed by atoms with E-state index in [1.54, 1.807) is 13.0 Å². The van der Waals surface area contributed by atoms with Crippen LogP contribution in [0.15, 0.2) is 18.2 Å². The Morgan fingerprint density at radius 3 is 2.89 bits per heavy atom. The number of aryl methyl sites for hydroxylation is 1. The predicted molar refractivity (Wildman–Crippen MR) is 76.4 cm³/mol. The van der Waals surface area contributed by atoms with Crippen LogP contribution in [0.25, 0.3) is 0 Å². The number of hydrogen-bond acceptors (Lipinski definition) is 4. The molecule has 0 saturated carbocycles.